The van der Waals surface area contributed by atoms with Gasteiger partial charge in [0.15, 0.2) is 5.76 Å². The Balaban J connectivity index is 1.46. The summed E-state index contributed by atoms with van der Waals surface area (Å²) < 4.78 is 5.30. The summed E-state index contributed by atoms with van der Waals surface area (Å²) in [5.74, 6) is -0.722. The van der Waals surface area contributed by atoms with E-state index in [1.807, 2.05) is 36.4 Å². The third-order valence-corrected chi connectivity index (χ3v) is 4.70. The van der Waals surface area contributed by atoms with Crippen LogP contribution in [-0.4, -0.2) is 21.8 Å². The Morgan fingerprint density at radius 3 is 2.68 bits per heavy atom. The van der Waals surface area contributed by atoms with Crippen LogP contribution in [0, 0.1) is 6.92 Å². The molecule has 2 N–H and O–H groups in total. The number of rotatable bonds is 5. The van der Waals surface area contributed by atoms with E-state index in [0.29, 0.717) is 27.7 Å². The molecule has 0 aliphatic heterocycles. The molecule has 0 spiro atoms. The van der Waals surface area contributed by atoms with Gasteiger partial charge in [-0.05, 0) is 37.3 Å². The summed E-state index contributed by atoms with van der Waals surface area (Å²) in [7, 11) is 0. The van der Waals surface area contributed by atoms with Crippen molar-refractivity contribution >= 4 is 34.2 Å². The number of aromatic nitrogens is 2. The number of benzene rings is 2. The summed E-state index contributed by atoms with van der Waals surface area (Å²) in [5, 5.41) is 7.90. The molecule has 0 radical (unpaired) electrons. The molecule has 4 rings (SSSR count). The van der Waals surface area contributed by atoms with Gasteiger partial charge in [0.1, 0.15) is 5.69 Å². The van der Waals surface area contributed by atoms with Gasteiger partial charge in [-0.1, -0.05) is 35.0 Å². The number of H-pyrrole nitrogens is 1. The number of para-hydroxylation sites is 1. The number of halogens is 1. The lowest BCUT2D eigenvalue weighted by Gasteiger charge is -2.02. The number of hydrogen-bond donors (Lipinski definition) is 2. The van der Waals surface area contributed by atoms with Gasteiger partial charge in [0.2, 0.25) is 0 Å². The van der Waals surface area contributed by atoms with Crippen molar-refractivity contribution in [2.45, 2.75) is 13.5 Å². The summed E-state index contributed by atoms with van der Waals surface area (Å²) >= 11 is 5.88. The molecule has 2 aromatic carbocycles. The van der Waals surface area contributed by atoms with E-state index in [2.05, 4.69) is 15.5 Å². The second-order valence-corrected chi connectivity index (χ2v) is 6.81. The van der Waals surface area contributed by atoms with Crippen LogP contribution in [0.1, 0.15) is 21.7 Å². The number of aromatic amines is 1. The molecule has 140 valence electrons. The van der Waals surface area contributed by atoms with Crippen molar-refractivity contribution in [1.29, 1.82) is 0 Å². The zero-order chi connectivity index (χ0) is 19.7. The monoisotopic (exact) mass is 393 g/mol. The Labute approximate surface area is 165 Å². The molecule has 0 aliphatic carbocycles. The van der Waals surface area contributed by atoms with Crippen molar-refractivity contribution in [3.63, 3.8) is 0 Å². The van der Waals surface area contributed by atoms with Crippen LogP contribution in [0.25, 0.3) is 22.2 Å². The quantitative estimate of drug-likeness (QED) is 0.391. The number of nitrogens with one attached hydrogen (secondary N) is 2. The Bertz CT molecular complexity index is 1180. The number of Topliss-reactive ketones (excluding diaryl/α,β-unsaturated/α-hetero) is 1. The average molecular weight is 394 g/mol. The molecule has 6 nitrogen and oxygen atoms in total. The molecule has 0 saturated heterocycles. The lowest BCUT2D eigenvalue weighted by Crippen LogP contribution is -2.31. The maximum absolute atomic E-state index is 12.6. The van der Waals surface area contributed by atoms with Crippen LogP contribution < -0.4 is 5.32 Å². The molecule has 1 amide bonds. The van der Waals surface area contributed by atoms with Crippen LogP contribution >= 0.6 is 11.6 Å². The van der Waals surface area contributed by atoms with E-state index in [0.717, 1.165) is 16.5 Å². The molecule has 2 heterocycles. The van der Waals surface area contributed by atoms with Gasteiger partial charge >= 0.3 is 0 Å². The van der Waals surface area contributed by atoms with Crippen LogP contribution in [0.3, 0.4) is 0 Å². The summed E-state index contributed by atoms with van der Waals surface area (Å²) in [5.41, 5.74) is 3.20. The van der Waals surface area contributed by atoms with Gasteiger partial charge in [-0.3, -0.25) is 9.59 Å². The number of amides is 1. The second-order valence-electron chi connectivity index (χ2n) is 6.37. The number of carbonyl (C=O) groups excluding carboxylic acids is 2. The highest BCUT2D eigenvalue weighted by Crippen LogP contribution is 2.23. The van der Waals surface area contributed by atoms with Crippen LogP contribution in [0.4, 0.5) is 0 Å². The molecule has 0 atom stereocenters. The van der Waals surface area contributed by atoms with Crippen LogP contribution in [0.15, 0.2) is 59.1 Å². The van der Waals surface area contributed by atoms with Crippen molar-refractivity contribution in [2.75, 3.05) is 0 Å². The Morgan fingerprint density at radius 2 is 1.89 bits per heavy atom. The van der Waals surface area contributed by atoms with Crippen molar-refractivity contribution in [3.05, 3.63) is 76.6 Å². The molecule has 0 aliphatic rings. The summed E-state index contributed by atoms with van der Waals surface area (Å²) in [6.07, 6.45) is 0. The van der Waals surface area contributed by atoms with Crippen LogP contribution in [-0.2, 0) is 11.3 Å². The van der Waals surface area contributed by atoms with Gasteiger partial charge in [0, 0.05) is 33.2 Å². The Morgan fingerprint density at radius 1 is 1.14 bits per heavy atom. The predicted molar refractivity (Wildman–Crippen MR) is 106 cm³/mol. The molecule has 2 aromatic heterocycles. The highest BCUT2D eigenvalue weighted by atomic mass is 35.5. The summed E-state index contributed by atoms with van der Waals surface area (Å²) in [4.78, 5) is 28.1. The van der Waals surface area contributed by atoms with E-state index >= 15 is 0 Å². The minimum absolute atomic E-state index is 0.0864. The molecule has 28 heavy (non-hydrogen) atoms. The average Bonchev–Trinajstić information content (AvgIpc) is 3.29. The van der Waals surface area contributed by atoms with Gasteiger partial charge < -0.3 is 14.8 Å². The predicted octanol–water partition coefficient (Wildman–Crippen LogP) is 4.28. The van der Waals surface area contributed by atoms with Gasteiger partial charge in [0.05, 0.1) is 12.1 Å². The van der Waals surface area contributed by atoms with Crippen LogP contribution in [0.5, 0.6) is 0 Å². The fourth-order valence-electron chi connectivity index (χ4n) is 3.08. The third kappa shape index (κ3) is 3.42. The second kappa shape index (κ2) is 7.32. The number of carbonyl (C=O) groups is 2. The Kier molecular flexibility index (Phi) is 4.71. The standard InChI is InChI=1S/C21H16ClN3O3/c1-12-19(16-4-2-3-5-17(16)24-12)20(26)21(27)23-11-15-10-18(28-25-15)13-6-8-14(22)9-7-13/h2-10,24H,11H2,1H3,(H,23,27). The zero-order valence-corrected chi connectivity index (χ0v) is 15.7. The van der Waals surface area contributed by atoms with E-state index in [9.17, 15) is 9.59 Å². The lowest BCUT2D eigenvalue weighted by molar-refractivity contribution is -0.117. The zero-order valence-electron chi connectivity index (χ0n) is 15.0. The van der Waals surface area contributed by atoms with Crippen molar-refractivity contribution in [1.82, 2.24) is 15.5 Å². The normalized spacial score (nSPS) is 10.9. The highest BCUT2D eigenvalue weighted by Gasteiger charge is 2.22. The molecular weight excluding hydrogens is 378 g/mol. The first-order valence-corrected chi connectivity index (χ1v) is 9.02. The smallest absolute Gasteiger partial charge is 0.292 e. The fraction of sp³-hybridized carbons (Fsp3) is 0.0952. The minimum atomic E-state index is -0.691. The van der Waals surface area contributed by atoms with Crippen molar-refractivity contribution in [3.8, 4) is 11.3 Å². The minimum Gasteiger partial charge on any atom is -0.358 e. The van der Waals surface area contributed by atoms with Gasteiger partial charge in [-0.25, -0.2) is 0 Å². The summed E-state index contributed by atoms with van der Waals surface area (Å²) in [6.45, 7) is 1.86. The molecular formula is C21H16ClN3O3. The fourth-order valence-corrected chi connectivity index (χ4v) is 3.21. The topological polar surface area (TPSA) is 88.0 Å². The van der Waals surface area contributed by atoms with Crippen molar-refractivity contribution < 1.29 is 14.1 Å². The largest absolute Gasteiger partial charge is 0.358 e. The van der Waals surface area contributed by atoms with Crippen LogP contribution in [0.2, 0.25) is 5.02 Å². The molecule has 4 aromatic rings. The number of ketones is 1. The third-order valence-electron chi connectivity index (χ3n) is 4.44. The van der Waals surface area contributed by atoms with Crippen molar-refractivity contribution in [2.24, 2.45) is 0 Å². The first kappa shape index (κ1) is 18.0. The maximum Gasteiger partial charge on any atom is 0.292 e. The van der Waals surface area contributed by atoms with Gasteiger partial charge in [-0.2, -0.15) is 0 Å². The first-order chi connectivity index (χ1) is 13.5. The van der Waals surface area contributed by atoms with E-state index < -0.39 is 11.7 Å². The molecule has 0 unspecified atom stereocenters. The maximum atomic E-state index is 12.6. The SMILES string of the molecule is Cc1[nH]c2ccccc2c1C(=O)C(=O)NCc1cc(-c2ccc(Cl)cc2)on1. The van der Waals surface area contributed by atoms with E-state index in [-0.39, 0.29) is 6.54 Å². The number of hydrogen-bond acceptors (Lipinski definition) is 4. The summed E-state index contributed by atoms with van der Waals surface area (Å²) in [6, 6.07) is 16.2. The molecule has 0 bridgehead atoms. The lowest BCUT2D eigenvalue weighted by atomic mass is 10.1. The van der Waals surface area contributed by atoms with Gasteiger partial charge in [0.25, 0.3) is 11.7 Å². The van der Waals surface area contributed by atoms with E-state index in [1.165, 1.54) is 0 Å². The number of fused-ring (bicyclic) bond motifs is 1. The number of aryl methyl sites for hydroxylation is 1. The van der Waals surface area contributed by atoms with E-state index in [1.54, 1.807) is 25.1 Å². The van der Waals surface area contributed by atoms with E-state index in [4.69, 9.17) is 16.1 Å². The molecule has 0 saturated carbocycles. The highest BCUT2D eigenvalue weighted by molar-refractivity contribution is 6.45. The molecule has 0 fully saturated rings. The first-order valence-electron chi connectivity index (χ1n) is 8.64. The molecule has 7 heteroatoms. The van der Waals surface area contributed by atoms with Gasteiger partial charge in [-0.15, -0.1) is 0 Å². The Hall–Kier alpha value is -3.38. The number of nitrogens with zero attached hydrogens (tertiary/aromatic N) is 1.